The zero-order valence-electron chi connectivity index (χ0n) is 14.0. The maximum absolute atomic E-state index is 10.5. The second kappa shape index (κ2) is 17.8. The summed E-state index contributed by atoms with van der Waals surface area (Å²) in [5, 5.41) is -0.189. The van der Waals surface area contributed by atoms with Gasteiger partial charge in [-0.05, 0) is 43.7 Å². The second-order valence-electron chi connectivity index (χ2n) is 6.04. The van der Waals surface area contributed by atoms with E-state index >= 15 is 0 Å². The van der Waals surface area contributed by atoms with Crippen molar-refractivity contribution in [2.24, 2.45) is 0 Å². The molecule has 1 nitrogen and oxygen atoms in total. The summed E-state index contributed by atoms with van der Waals surface area (Å²) in [7, 11) is 0. The van der Waals surface area contributed by atoms with Crippen LogP contribution in [-0.4, -0.2) is 5.24 Å². The molecule has 0 saturated carbocycles. The first kappa shape index (κ1) is 20.7. The first-order valence-corrected chi connectivity index (χ1v) is 9.48. The molecule has 0 atom stereocenters. The minimum Gasteiger partial charge on any atom is -0.281 e. The maximum Gasteiger partial charge on any atom is 0.221 e. The van der Waals surface area contributed by atoms with Gasteiger partial charge in [0, 0.05) is 6.42 Å². The Morgan fingerprint density at radius 3 is 1.62 bits per heavy atom. The molecule has 0 unspecified atom stereocenters. The van der Waals surface area contributed by atoms with Crippen molar-refractivity contribution in [3.8, 4) is 0 Å². The number of hydrogen-bond donors (Lipinski definition) is 0. The number of hydrogen-bond acceptors (Lipinski definition) is 1. The molecule has 0 N–H and O–H groups in total. The van der Waals surface area contributed by atoms with Crippen molar-refractivity contribution < 1.29 is 4.79 Å². The van der Waals surface area contributed by atoms with Gasteiger partial charge in [0.25, 0.3) is 0 Å². The molecule has 0 fully saturated rings. The molecule has 0 radical (unpaired) electrons. The molecule has 0 heterocycles. The van der Waals surface area contributed by atoms with Crippen molar-refractivity contribution in [2.45, 2.75) is 103 Å². The summed E-state index contributed by atoms with van der Waals surface area (Å²) >= 11 is 5.30. The van der Waals surface area contributed by atoms with E-state index in [0.717, 1.165) is 12.8 Å². The van der Waals surface area contributed by atoms with Crippen molar-refractivity contribution in [2.75, 3.05) is 0 Å². The van der Waals surface area contributed by atoms with Crippen LogP contribution in [0.15, 0.2) is 12.2 Å². The van der Waals surface area contributed by atoms with Crippen LogP contribution >= 0.6 is 11.6 Å². The van der Waals surface area contributed by atoms with E-state index in [2.05, 4.69) is 19.1 Å². The highest BCUT2D eigenvalue weighted by atomic mass is 35.5. The molecule has 0 saturated heterocycles. The number of carbonyl (C=O) groups excluding carboxylic acids is 1. The zero-order chi connectivity index (χ0) is 15.6. The maximum atomic E-state index is 10.5. The number of carbonyl (C=O) groups is 1. The predicted octanol–water partition coefficient (Wildman–Crippen LogP) is 7.18. The third-order valence-corrected chi connectivity index (χ3v) is 4.07. The van der Waals surface area contributed by atoms with E-state index in [0.29, 0.717) is 6.42 Å². The fraction of sp³-hybridized carbons (Fsp3) is 0.842. The van der Waals surface area contributed by atoms with Gasteiger partial charge in [-0.2, -0.15) is 0 Å². The standard InChI is InChI=1S/C19H35ClO/c1-2-3-4-5-6-7-8-9-10-11-12-13-14-15-16-17-18-19(20)21/h9-10H,2-8,11-18H2,1H3/b10-9+. The Kier molecular flexibility index (Phi) is 17.5. The fourth-order valence-corrected chi connectivity index (χ4v) is 2.65. The average molecular weight is 315 g/mol. The minimum absolute atomic E-state index is 0.189. The van der Waals surface area contributed by atoms with Gasteiger partial charge in [-0.1, -0.05) is 76.9 Å². The minimum atomic E-state index is -0.189. The molecule has 0 aliphatic heterocycles. The van der Waals surface area contributed by atoms with Gasteiger partial charge in [0.05, 0.1) is 0 Å². The van der Waals surface area contributed by atoms with E-state index in [9.17, 15) is 4.79 Å². The molecule has 0 aliphatic carbocycles. The van der Waals surface area contributed by atoms with Crippen molar-refractivity contribution in [3.05, 3.63) is 12.2 Å². The molecule has 0 aromatic heterocycles. The van der Waals surface area contributed by atoms with E-state index in [1.54, 1.807) is 0 Å². The lowest BCUT2D eigenvalue weighted by molar-refractivity contribution is -0.111. The Balaban J connectivity index is 3.07. The summed E-state index contributed by atoms with van der Waals surface area (Å²) in [4.78, 5) is 10.5. The molecule has 0 aromatic rings. The number of unbranched alkanes of at least 4 members (excludes halogenated alkanes) is 12. The van der Waals surface area contributed by atoms with Gasteiger partial charge in [-0.3, -0.25) is 4.79 Å². The van der Waals surface area contributed by atoms with E-state index < -0.39 is 0 Å². The van der Waals surface area contributed by atoms with E-state index in [1.807, 2.05) is 0 Å². The Morgan fingerprint density at radius 2 is 1.14 bits per heavy atom. The summed E-state index contributed by atoms with van der Waals surface area (Å²) in [5.41, 5.74) is 0. The van der Waals surface area contributed by atoms with E-state index in [4.69, 9.17) is 11.6 Å². The molecule has 0 rings (SSSR count). The highest BCUT2D eigenvalue weighted by Gasteiger charge is 1.95. The molecule has 124 valence electrons. The first-order chi connectivity index (χ1) is 10.3. The highest BCUT2D eigenvalue weighted by Crippen LogP contribution is 2.10. The SMILES string of the molecule is CCCCCCCC/C=C/CCCCCCCCC(=O)Cl. The van der Waals surface area contributed by atoms with E-state index in [-0.39, 0.29) is 5.24 Å². The number of allylic oxidation sites excluding steroid dienone is 2. The summed E-state index contributed by atoms with van der Waals surface area (Å²) in [5.74, 6) is 0. The van der Waals surface area contributed by atoms with Gasteiger partial charge in [-0.15, -0.1) is 0 Å². The molecule has 21 heavy (non-hydrogen) atoms. The Labute approximate surface area is 137 Å². The van der Waals surface area contributed by atoms with Gasteiger partial charge in [-0.25, -0.2) is 0 Å². The molecule has 0 bridgehead atoms. The molecular weight excluding hydrogens is 280 g/mol. The lowest BCUT2D eigenvalue weighted by Gasteiger charge is -1.99. The van der Waals surface area contributed by atoms with Crippen LogP contribution in [0.5, 0.6) is 0 Å². The van der Waals surface area contributed by atoms with Crippen LogP contribution in [0.4, 0.5) is 0 Å². The van der Waals surface area contributed by atoms with Crippen LogP contribution in [0.2, 0.25) is 0 Å². The Hall–Kier alpha value is -0.300. The molecular formula is C19H35ClO. The monoisotopic (exact) mass is 314 g/mol. The molecule has 0 aliphatic rings. The van der Waals surface area contributed by atoms with Gasteiger partial charge in [0.15, 0.2) is 0 Å². The second-order valence-corrected chi connectivity index (χ2v) is 6.46. The lowest BCUT2D eigenvalue weighted by atomic mass is 10.1. The van der Waals surface area contributed by atoms with Crippen LogP contribution in [-0.2, 0) is 4.79 Å². The van der Waals surface area contributed by atoms with E-state index in [1.165, 1.54) is 77.0 Å². The Bertz CT molecular complexity index is 248. The van der Waals surface area contributed by atoms with Crippen LogP contribution in [0.1, 0.15) is 103 Å². The largest absolute Gasteiger partial charge is 0.281 e. The third-order valence-electron chi connectivity index (χ3n) is 3.89. The Morgan fingerprint density at radius 1 is 0.714 bits per heavy atom. The van der Waals surface area contributed by atoms with Crippen LogP contribution < -0.4 is 0 Å². The van der Waals surface area contributed by atoms with Gasteiger partial charge >= 0.3 is 0 Å². The van der Waals surface area contributed by atoms with Crippen molar-refractivity contribution in [1.82, 2.24) is 0 Å². The molecule has 2 heteroatoms. The third kappa shape index (κ3) is 19.7. The van der Waals surface area contributed by atoms with Crippen molar-refractivity contribution in [1.29, 1.82) is 0 Å². The van der Waals surface area contributed by atoms with Crippen molar-refractivity contribution >= 4 is 16.8 Å². The van der Waals surface area contributed by atoms with Crippen LogP contribution in [0.3, 0.4) is 0 Å². The summed E-state index contributed by atoms with van der Waals surface area (Å²) < 4.78 is 0. The molecule has 0 aromatic carbocycles. The van der Waals surface area contributed by atoms with Gasteiger partial charge in [0.2, 0.25) is 5.24 Å². The summed E-state index contributed by atoms with van der Waals surface area (Å²) in [6.45, 7) is 2.27. The van der Waals surface area contributed by atoms with Gasteiger partial charge < -0.3 is 0 Å². The lowest BCUT2D eigenvalue weighted by Crippen LogP contribution is -1.86. The number of halogens is 1. The molecule has 0 spiro atoms. The summed E-state index contributed by atoms with van der Waals surface area (Å²) in [6, 6.07) is 0. The normalized spacial score (nSPS) is 11.3. The summed E-state index contributed by atoms with van der Waals surface area (Å²) in [6.07, 6.45) is 23.4. The van der Waals surface area contributed by atoms with Gasteiger partial charge in [0.1, 0.15) is 0 Å². The molecule has 0 amide bonds. The number of rotatable bonds is 16. The topological polar surface area (TPSA) is 17.1 Å². The highest BCUT2D eigenvalue weighted by molar-refractivity contribution is 6.63. The zero-order valence-corrected chi connectivity index (χ0v) is 14.8. The fourth-order valence-electron chi connectivity index (χ4n) is 2.51. The van der Waals surface area contributed by atoms with Crippen LogP contribution in [0.25, 0.3) is 0 Å². The average Bonchev–Trinajstić information content (AvgIpc) is 2.46. The first-order valence-electron chi connectivity index (χ1n) is 9.10. The quantitative estimate of drug-likeness (QED) is 0.167. The predicted molar refractivity (Wildman–Crippen MR) is 94.9 cm³/mol. The van der Waals surface area contributed by atoms with Crippen molar-refractivity contribution in [3.63, 3.8) is 0 Å². The smallest absolute Gasteiger partial charge is 0.221 e. The van der Waals surface area contributed by atoms with Crippen LogP contribution in [0, 0.1) is 0 Å².